The van der Waals surface area contributed by atoms with Gasteiger partial charge in [0.05, 0.1) is 19.2 Å². The summed E-state index contributed by atoms with van der Waals surface area (Å²) in [4.78, 5) is 24.8. The van der Waals surface area contributed by atoms with Crippen molar-refractivity contribution in [3.8, 4) is 28.3 Å². The molecule has 0 bridgehead atoms. The van der Waals surface area contributed by atoms with Crippen molar-refractivity contribution < 1.29 is 18.7 Å². The molecule has 0 saturated heterocycles. The molecule has 2 aromatic heterocycles. The molecule has 194 valence electrons. The van der Waals surface area contributed by atoms with Crippen molar-refractivity contribution in [1.29, 1.82) is 0 Å². The van der Waals surface area contributed by atoms with E-state index in [1.54, 1.807) is 6.20 Å². The Hall–Kier alpha value is -4.33. The van der Waals surface area contributed by atoms with E-state index in [1.807, 2.05) is 66.7 Å². The van der Waals surface area contributed by atoms with Gasteiger partial charge in [0.1, 0.15) is 12.3 Å². The highest BCUT2D eigenvalue weighted by atomic mass is 19.1. The third-order valence-electron chi connectivity index (χ3n) is 6.77. The number of anilines is 1. The molecule has 8 heteroatoms. The van der Waals surface area contributed by atoms with E-state index in [-0.39, 0.29) is 23.6 Å². The topological polar surface area (TPSA) is 86.2 Å². The highest BCUT2D eigenvalue weighted by molar-refractivity contribution is 5.73. The number of rotatable bonds is 8. The molecule has 1 aliphatic carbocycles. The number of benzene rings is 2. The van der Waals surface area contributed by atoms with Crippen molar-refractivity contribution in [2.45, 2.75) is 38.3 Å². The summed E-state index contributed by atoms with van der Waals surface area (Å²) >= 11 is 0. The monoisotopic (exact) mass is 512 g/mol. The standard InChI is InChI=1S/C30H29FN4O3/c1-37-29(36)21-10-13-25(14-11-21)34-30-33-18-26(31)28(35-30)23-9-5-8-22(16-23)24-12-15-27(32-17-24)38-19-20-6-3-2-4-7-20/h2-9,12,15-18,21,25H,10-11,13-14,19H2,1H3,(H,33,34,35). The highest BCUT2D eigenvalue weighted by Gasteiger charge is 2.27. The fourth-order valence-electron chi connectivity index (χ4n) is 4.68. The SMILES string of the molecule is COC(=O)C1CCC(Nc2ncc(F)c(-c3cccc(-c4ccc(OCc5ccccc5)nc4)c3)n2)CC1. The summed E-state index contributed by atoms with van der Waals surface area (Å²) in [5.74, 6) is 0.185. The minimum Gasteiger partial charge on any atom is -0.473 e. The van der Waals surface area contributed by atoms with Crippen molar-refractivity contribution >= 4 is 11.9 Å². The van der Waals surface area contributed by atoms with Crippen molar-refractivity contribution in [2.75, 3.05) is 12.4 Å². The molecule has 1 saturated carbocycles. The van der Waals surface area contributed by atoms with Gasteiger partial charge in [-0.05, 0) is 48.9 Å². The number of carbonyl (C=O) groups excluding carboxylic acids is 1. The van der Waals surface area contributed by atoms with Crippen LogP contribution in [0.3, 0.4) is 0 Å². The van der Waals surface area contributed by atoms with Gasteiger partial charge in [-0.25, -0.2) is 19.3 Å². The molecule has 1 fully saturated rings. The molecule has 0 aliphatic heterocycles. The lowest BCUT2D eigenvalue weighted by Gasteiger charge is -2.27. The zero-order chi connectivity index (χ0) is 26.3. The number of pyridine rings is 1. The van der Waals surface area contributed by atoms with E-state index in [9.17, 15) is 9.18 Å². The maximum Gasteiger partial charge on any atom is 0.308 e. The largest absolute Gasteiger partial charge is 0.473 e. The van der Waals surface area contributed by atoms with Gasteiger partial charge in [-0.3, -0.25) is 4.79 Å². The molecule has 1 aliphatic rings. The second-order valence-corrected chi connectivity index (χ2v) is 9.35. The number of hydrogen-bond acceptors (Lipinski definition) is 7. The number of hydrogen-bond donors (Lipinski definition) is 1. The molecule has 5 rings (SSSR count). The van der Waals surface area contributed by atoms with Crippen molar-refractivity contribution in [3.63, 3.8) is 0 Å². The summed E-state index contributed by atoms with van der Waals surface area (Å²) in [6.07, 6.45) is 6.01. The molecule has 38 heavy (non-hydrogen) atoms. The van der Waals surface area contributed by atoms with Crippen LogP contribution >= 0.6 is 0 Å². The van der Waals surface area contributed by atoms with E-state index < -0.39 is 5.82 Å². The Balaban J connectivity index is 1.26. The number of aromatic nitrogens is 3. The Labute approximate surface area is 221 Å². The summed E-state index contributed by atoms with van der Waals surface area (Å²) in [5.41, 5.74) is 3.71. The Morgan fingerprint density at radius 3 is 2.45 bits per heavy atom. The zero-order valence-corrected chi connectivity index (χ0v) is 21.1. The molecule has 1 N–H and O–H groups in total. The maximum absolute atomic E-state index is 14.8. The first kappa shape index (κ1) is 25.3. The van der Waals surface area contributed by atoms with E-state index in [2.05, 4.69) is 20.3 Å². The molecule has 0 spiro atoms. The molecule has 0 radical (unpaired) electrons. The number of esters is 1. The van der Waals surface area contributed by atoms with Crippen LogP contribution in [0.5, 0.6) is 5.88 Å². The number of nitrogens with one attached hydrogen (secondary N) is 1. The molecule has 0 unspecified atom stereocenters. The number of ether oxygens (including phenoxy) is 2. The van der Waals surface area contributed by atoms with Gasteiger partial charge >= 0.3 is 5.97 Å². The van der Waals surface area contributed by atoms with Crippen LogP contribution in [0.15, 0.2) is 79.1 Å². The summed E-state index contributed by atoms with van der Waals surface area (Å²) in [6.45, 7) is 0.443. The highest BCUT2D eigenvalue weighted by Crippen LogP contribution is 2.30. The normalized spacial score (nSPS) is 17.0. The fraction of sp³-hybridized carbons (Fsp3) is 0.267. The lowest BCUT2D eigenvalue weighted by molar-refractivity contribution is -0.146. The Kier molecular flexibility index (Phi) is 7.87. The molecule has 2 aromatic carbocycles. The van der Waals surface area contributed by atoms with E-state index in [1.165, 1.54) is 13.3 Å². The van der Waals surface area contributed by atoms with E-state index in [0.717, 1.165) is 42.4 Å². The van der Waals surface area contributed by atoms with Crippen LogP contribution in [0.25, 0.3) is 22.4 Å². The second-order valence-electron chi connectivity index (χ2n) is 9.35. The molecular formula is C30H29FN4O3. The van der Waals surface area contributed by atoms with Crippen molar-refractivity contribution in [1.82, 2.24) is 15.0 Å². The zero-order valence-electron chi connectivity index (χ0n) is 21.1. The predicted octanol–water partition coefficient (Wildman–Crippen LogP) is 6.07. The molecule has 4 aromatic rings. The number of methoxy groups -OCH3 is 1. The van der Waals surface area contributed by atoms with E-state index in [0.29, 0.717) is 24.0 Å². The van der Waals surface area contributed by atoms with Gasteiger partial charge in [-0.1, -0.05) is 48.5 Å². The van der Waals surface area contributed by atoms with Crippen LogP contribution in [-0.4, -0.2) is 34.1 Å². The first-order chi connectivity index (χ1) is 18.6. The van der Waals surface area contributed by atoms with E-state index >= 15 is 0 Å². The molecule has 7 nitrogen and oxygen atoms in total. The summed E-state index contributed by atoms with van der Waals surface area (Å²) < 4.78 is 25.4. The number of carbonyl (C=O) groups is 1. The maximum atomic E-state index is 14.8. The molecular weight excluding hydrogens is 483 g/mol. The van der Waals surface area contributed by atoms with Crippen LogP contribution in [0.2, 0.25) is 0 Å². The lowest BCUT2D eigenvalue weighted by Crippen LogP contribution is -2.30. The minimum atomic E-state index is -0.495. The lowest BCUT2D eigenvalue weighted by atomic mass is 9.86. The van der Waals surface area contributed by atoms with Crippen LogP contribution in [-0.2, 0) is 16.1 Å². The van der Waals surface area contributed by atoms with Gasteiger partial charge in [0.25, 0.3) is 0 Å². The third-order valence-corrected chi connectivity index (χ3v) is 6.77. The van der Waals surface area contributed by atoms with E-state index in [4.69, 9.17) is 9.47 Å². The summed E-state index contributed by atoms with van der Waals surface area (Å²) in [6, 6.07) is 21.3. The summed E-state index contributed by atoms with van der Waals surface area (Å²) in [7, 11) is 1.42. The van der Waals surface area contributed by atoms with Crippen LogP contribution in [0.1, 0.15) is 31.2 Å². The summed E-state index contributed by atoms with van der Waals surface area (Å²) in [5, 5.41) is 3.31. The fourth-order valence-corrected chi connectivity index (χ4v) is 4.68. The predicted molar refractivity (Wildman–Crippen MR) is 143 cm³/mol. The average Bonchev–Trinajstić information content (AvgIpc) is 2.98. The molecule has 0 amide bonds. The van der Waals surface area contributed by atoms with Crippen molar-refractivity contribution in [3.05, 3.63) is 90.5 Å². The van der Waals surface area contributed by atoms with Crippen LogP contribution in [0.4, 0.5) is 10.3 Å². The number of nitrogens with zero attached hydrogens (tertiary/aromatic N) is 3. The molecule has 2 heterocycles. The van der Waals surface area contributed by atoms with Gasteiger partial charge < -0.3 is 14.8 Å². The minimum absolute atomic E-state index is 0.0653. The van der Waals surface area contributed by atoms with Gasteiger partial charge in [0, 0.05) is 29.4 Å². The van der Waals surface area contributed by atoms with Crippen LogP contribution < -0.4 is 10.1 Å². The Morgan fingerprint density at radius 1 is 0.921 bits per heavy atom. The quantitative estimate of drug-likeness (QED) is 0.287. The van der Waals surface area contributed by atoms with Crippen molar-refractivity contribution in [2.24, 2.45) is 5.92 Å². The van der Waals surface area contributed by atoms with Gasteiger partial charge in [-0.15, -0.1) is 0 Å². The Morgan fingerprint density at radius 2 is 1.71 bits per heavy atom. The first-order valence-corrected chi connectivity index (χ1v) is 12.7. The third kappa shape index (κ3) is 6.14. The first-order valence-electron chi connectivity index (χ1n) is 12.7. The van der Waals surface area contributed by atoms with Crippen LogP contribution in [0, 0.1) is 11.7 Å². The van der Waals surface area contributed by atoms with Gasteiger partial charge in [-0.2, -0.15) is 0 Å². The van der Waals surface area contributed by atoms with Gasteiger partial charge in [0.15, 0.2) is 5.82 Å². The second kappa shape index (κ2) is 11.8. The molecule has 0 atom stereocenters. The Bertz CT molecular complexity index is 1370. The van der Waals surface area contributed by atoms with Gasteiger partial charge in [0.2, 0.25) is 11.8 Å². The smallest absolute Gasteiger partial charge is 0.308 e. The average molecular weight is 513 g/mol. The number of halogens is 1.